The van der Waals surface area contributed by atoms with Crippen LogP contribution in [0.5, 0.6) is 0 Å². The van der Waals surface area contributed by atoms with Crippen LogP contribution in [0.2, 0.25) is 0 Å². The second kappa shape index (κ2) is 9.40. The molecule has 1 aromatic rings. The van der Waals surface area contributed by atoms with Gasteiger partial charge < -0.3 is 4.90 Å². The van der Waals surface area contributed by atoms with Gasteiger partial charge in [0.25, 0.3) is 0 Å². The van der Waals surface area contributed by atoms with E-state index in [2.05, 4.69) is 87.4 Å². The summed E-state index contributed by atoms with van der Waals surface area (Å²) in [5.74, 6) is 1.04. The molecule has 1 radical (unpaired) electrons. The molecular formula is C20H32Cl3GeNP. The fraction of sp³-hybridized carbons (Fsp3) is 0.650. The van der Waals surface area contributed by atoms with Crippen molar-refractivity contribution in [2.24, 2.45) is 5.41 Å². The predicted octanol–water partition coefficient (Wildman–Crippen LogP) is 7.91. The molecule has 1 saturated heterocycles. The number of hydrogen-bond donors (Lipinski definition) is 0. The number of rotatable bonds is 3. The van der Waals surface area contributed by atoms with Crippen LogP contribution in [0.15, 0.2) is 18.2 Å². The van der Waals surface area contributed by atoms with Gasteiger partial charge in [-0.15, -0.1) is 0 Å². The Labute approximate surface area is 179 Å². The zero-order valence-corrected chi connectivity index (χ0v) is 22.5. The van der Waals surface area contributed by atoms with E-state index >= 15 is 0 Å². The summed E-state index contributed by atoms with van der Waals surface area (Å²) in [6.07, 6.45) is 1.16. The van der Waals surface area contributed by atoms with E-state index in [4.69, 9.17) is 30.0 Å². The maximum atomic E-state index is 4.97. The number of halogens is 3. The molecule has 6 heteroatoms. The second-order valence-corrected chi connectivity index (χ2v) is 19.1. The van der Waals surface area contributed by atoms with Crippen molar-refractivity contribution in [3.8, 4) is 0 Å². The van der Waals surface area contributed by atoms with Gasteiger partial charge in [0, 0.05) is 22.1 Å². The predicted molar refractivity (Wildman–Crippen MR) is 126 cm³/mol. The Balaban J connectivity index is 0.000000765. The quantitative estimate of drug-likeness (QED) is 0.304. The third-order valence-electron chi connectivity index (χ3n) is 4.91. The first kappa shape index (κ1) is 24.6. The molecule has 0 N–H and O–H groups in total. The van der Waals surface area contributed by atoms with E-state index in [1.165, 1.54) is 22.2 Å². The third-order valence-corrected chi connectivity index (χ3v) is 5.81. The molecule has 2 rings (SSSR count). The maximum absolute atomic E-state index is 4.97. The van der Waals surface area contributed by atoms with Gasteiger partial charge in [-0.1, -0.05) is 68.6 Å². The Hall–Kier alpha value is 0.603. The SMILES string of the molecule is CC(C)c1cccc(C(C)C)c1N1C(=P)C(C)(C)CC1(C)C.[Cl][Ge]([Cl])[Cl]. The third kappa shape index (κ3) is 5.80. The summed E-state index contributed by atoms with van der Waals surface area (Å²) in [6, 6.07) is 6.81. The molecule has 0 spiro atoms. The van der Waals surface area contributed by atoms with Crippen LogP contribution in [0.3, 0.4) is 0 Å². The van der Waals surface area contributed by atoms with Crippen molar-refractivity contribution in [2.75, 3.05) is 4.90 Å². The van der Waals surface area contributed by atoms with Gasteiger partial charge >= 0.3 is 41.6 Å². The number of hydrogen-bond acceptors (Lipinski definition) is 0. The van der Waals surface area contributed by atoms with E-state index in [0.29, 0.717) is 11.8 Å². The van der Waals surface area contributed by atoms with Gasteiger partial charge in [0.2, 0.25) is 0 Å². The van der Waals surface area contributed by atoms with Crippen molar-refractivity contribution < 1.29 is 0 Å². The summed E-state index contributed by atoms with van der Waals surface area (Å²) in [7, 11) is 18.9. The van der Waals surface area contributed by atoms with E-state index in [1.54, 1.807) is 0 Å². The summed E-state index contributed by atoms with van der Waals surface area (Å²) < 4.78 is 0. The zero-order valence-electron chi connectivity index (χ0n) is 17.2. The van der Waals surface area contributed by atoms with E-state index in [1.807, 2.05) is 0 Å². The molecule has 147 valence electrons. The Morgan fingerprint density at radius 2 is 1.35 bits per heavy atom. The van der Waals surface area contributed by atoms with Crippen molar-refractivity contribution in [1.29, 1.82) is 0 Å². The Morgan fingerprint density at radius 1 is 0.962 bits per heavy atom. The van der Waals surface area contributed by atoms with Gasteiger partial charge in [-0.3, -0.25) is 0 Å². The monoisotopic (exact) mass is 496 g/mol. The van der Waals surface area contributed by atoms with Crippen LogP contribution in [0.25, 0.3) is 0 Å². The fourth-order valence-electron chi connectivity index (χ4n) is 4.03. The average molecular weight is 496 g/mol. The van der Waals surface area contributed by atoms with Gasteiger partial charge in [0.1, 0.15) is 0 Å². The summed E-state index contributed by atoms with van der Waals surface area (Å²) >= 11 is -1.92. The molecule has 1 aliphatic rings. The van der Waals surface area contributed by atoms with Gasteiger partial charge in [0.15, 0.2) is 0 Å². The van der Waals surface area contributed by atoms with Crippen LogP contribution in [-0.4, -0.2) is 22.5 Å². The first-order chi connectivity index (χ1) is 11.7. The van der Waals surface area contributed by atoms with Gasteiger partial charge in [-0.05, 0) is 43.2 Å². The average Bonchev–Trinajstić information content (AvgIpc) is 2.60. The normalized spacial score (nSPS) is 18.5. The van der Waals surface area contributed by atoms with Gasteiger partial charge in [-0.25, -0.2) is 0 Å². The molecular weight excluding hydrogens is 464 g/mol. The standard InChI is InChI=1S/C20H32NP.Cl3Ge/c1-13(2)15-10-9-11-16(14(3)4)17(15)21-18(22)19(5,6)12-20(21,7)8;1-4(2)3/h9-11,13-14,22H,12H2,1-8H3;. The van der Waals surface area contributed by atoms with Crippen molar-refractivity contribution in [2.45, 2.75) is 79.2 Å². The molecule has 1 nitrogen and oxygen atoms in total. The zero-order chi connectivity index (χ0) is 20.4. The van der Waals surface area contributed by atoms with Crippen LogP contribution in [0.4, 0.5) is 5.69 Å². The number of benzene rings is 1. The fourth-order valence-corrected chi connectivity index (χ4v) is 4.54. The molecule has 0 amide bonds. The molecule has 1 fully saturated rings. The summed E-state index contributed by atoms with van der Waals surface area (Å²) in [5, 5.41) is 0. The van der Waals surface area contributed by atoms with Crippen LogP contribution in [0.1, 0.15) is 84.8 Å². The molecule has 1 aliphatic heterocycles. The molecule has 0 atom stereocenters. The van der Waals surface area contributed by atoms with E-state index in [9.17, 15) is 0 Å². The Kier molecular flexibility index (Phi) is 8.91. The minimum absolute atomic E-state index is 0.120. The number of anilines is 1. The van der Waals surface area contributed by atoms with E-state index in [0.717, 1.165) is 6.42 Å². The molecule has 0 bridgehead atoms. The van der Waals surface area contributed by atoms with E-state index in [-0.39, 0.29) is 11.0 Å². The topological polar surface area (TPSA) is 3.24 Å². The van der Waals surface area contributed by atoms with Crippen LogP contribution in [0, 0.1) is 5.41 Å². The van der Waals surface area contributed by atoms with Crippen molar-refractivity contribution >= 4 is 61.6 Å². The van der Waals surface area contributed by atoms with Crippen LogP contribution < -0.4 is 4.90 Å². The number of nitrogens with zero attached hydrogens (tertiary/aromatic N) is 1. The molecule has 0 unspecified atom stereocenters. The first-order valence-corrected chi connectivity index (χ1v) is 17.8. The van der Waals surface area contributed by atoms with Gasteiger partial charge in [0.05, 0.1) is 0 Å². The first-order valence-electron chi connectivity index (χ1n) is 9.08. The molecule has 1 aromatic carbocycles. The van der Waals surface area contributed by atoms with Crippen LogP contribution >= 0.6 is 38.9 Å². The second-order valence-electron chi connectivity index (χ2n) is 8.87. The molecule has 0 aromatic heterocycles. The van der Waals surface area contributed by atoms with Crippen molar-refractivity contribution in [3.05, 3.63) is 29.3 Å². The molecule has 26 heavy (non-hydrogen) atoms. The van der Waals surface area contributed by atoms with Crippen molar-refractivity contribution in [3.63, 3.8) is 0 Å². The summed E-state index contributed by atoms with van der Waals surface area (Å²) in [6.45, 7) is 18.6. The summed E-state index contributed by atoms with van der Waals surface area (Å²) in [5.41, 5.74) is 5.94. The van der Waals surface area contributed by atoms with Crippen molar-refractivity contribution in [1.82, 2.24) is 0 Å². The molecule has 0 aliphatic carbocycles. The van der Waals surface area contributed by atoms with E-state index < -0.39 is 11.6 Å². The Bertz CT molecular complexity index is 613. The Morgan fingerprint density at radius 3 is 1.62 bits per heavy atom. The van der Waals surface area contributed by atoms with Crippen LogP contribution in [-0.2, 0) is 0 Å². The summed E-state index contributed by atoms with van der Waals surface area (Å²) in [4.78, 5) is 2.56. The molecule has 1 heterocycles. The number of para-hydroxylation sites is 1. The molecule has 0 saturated carbocycles. The minimum atomic E-state index is -1.92. The van der Waals surface area contributed by atoms with Gasteiger partial charge in [-0.2, -0.15) is 0 Å².